The zero-order chi connectivity index (χ0) is 26.3. The number of carbonyl (C=O) groups excluding carboxylic acids is 1. The maximum Gasteiger partial charge on any atom is 0.255 e. The van der Waals surface area contributed by atoms with Crippen LogP contribution in [-0.2, 0) is 0 Å². The molecule has 11 heteroatoms. The lowest BCUT2D eigenvalue weighted by Crippen LogP contribution is -2.33. The SMILES string of the molecule is CN[C@@H]1CCN(C(=O)c2ccc(Nc3ncc(F)c(-c4cc(F)c5nc(C)n(C(C)C)c5c4)n3)nc2)C1. The van der Waals surface area contributed by atoms with Crippen LogP contribution >= 0.6 is 0 Å². The Morgan fingerprint density at radius 2 is 1.92 bits per heavy atom. The highest BCUT2D eigenvalue weighted by Gasteiger charge is 2.26. The molecule has 3 aromatic heterocycles. The second-order valence-electron chi connectivity index (χ2n) is 9.42. The van der Waals surface area contributed by atoms with E-state index in [0.29, 0.717) is 41.9 Å². The fraction of sp³-hybridized carbons (Fsp3) is 0.346. The van der Waals surface area contributed by atoms with Crippen molar-refractivity contribution in [1.29, 1.82) is 0 Å². The minimum atomic E-state index is -0.684. The molecule has 2 N–H and O–H groups in total. The van der Waals surface area contributed by atoms with E-state index >= 15 is 0 Å². The Morgan fingerprint density at radius 3 is 2.59 bits per heavy atom. The van der Waals surface area contributed by atoms with Gasteiger partial charge in [0.15, 0.2) is 11.6 Å². The number of anilines is 2. The summed E-state index contributed by atoms with van der Waals surface area (Å²) in [5.74, 6) is -0.164. The van der Waals surface area contributed by atoms with Gasteiger partial charge in [-0.05, 0) is 58.5 Å². The molecule has 0 aliphatic carbocycles. The highest BCUT2D eigenvalue weighted by Crippen LogP contribution is 2.30. The fourth-order valence-electron chi connectivity index (χ4n) is 4.76. The van der Waals surface area contributed by atoms with E-state index in [2.05, 4.69) is 30.6 Å². The fourth-order valence-corrected chi connectivity index (χ4v) is 4.76. The van der Waals surface area contributed by atoms with Crippen LogP contribution in [0, 0.1) is 18.6 Å². The van der Waals surface area contributed by atoms with Crippen LogP contribution in [0.25, 0.3) is 22.3 Å². The lowest BCUT2D eigenvalue weighted by atomic mass is 10.1. The Balaban J connectivity index is 1.40. The molecule has 0 spiro atoms. The summed E-state index contributed by atoms with van der Waals surface area (Å²) in [7, 11) is 1.89. The molecule has 1 amide bonds. The lowest BCUT2D eigenvalue weighted by molar-refractivity contribution is 0.0789. The molecule has 1 aliphatic heterocycles. The number of hydrogen-bond donors (Lipinski definition) is 2. The molecule has 1 aliphatic rings. The van der Waals surface area contributed by atoms with Gasteiger partial charge in [0.1, 0.15) is 22.9 Å². The van der Waals surface area contributed by atoms with E-state index in [1.807, 2.05) is 32.4 Å². The molecular formula is C26H28F2N8O. The standard InChI is InChI=1S/C26H28F2N8O/c1-14(2)36-15(3)32-24-19(27)9-17(10-21(24)36)23-20(28)12-31-26(34-23)33-22-6-5-16(11-30-22)25(37)35-8-7-18(13-35)29-4/h5-6,9-12,14,18,29H,7-8,13H2,1-4H3,(H,30,31,33,34)/t18-/m1/s1. The van der Waals surface area contributed by atoms with E-state index < -0.39 is 11.6 Å². The molecule has 5 rings (SSSR count). The molecule has 4 heterocycles. The monoisotopic (exact) mass is 506 g/mol. The Kier molecular flexibility index (Phi) is 6.55. The van der Waals surface area contributed by atoms with Crippen molar-refractivity contribution in [2.24, 2.45) is 0 Å². The normalized spacial score (nSPS) is 15.6. The Hall–Kier alpha value is -3.99. The second-order valence-corrected chi connectivity index (χ2v) is 9.42. The highest BCUT2D eigenvalue weighted by molar-refractivity contribution is 5.94. The van der Waals surface area contributed by atoms with Crippen LogP contribution < -0.4 is 10.6 Å². The van der Waals surface area contributed by atoms with Crippen LogP contribution in [0.1, 0.15) is 42.5 Å². The third-order valence-electron chi connectivity index (χ3n) is 6.59. The van der Waals surface area contributed by atoms with E-state index in [0.717, 1.165) is 12.6 Å². The summed E-state index contributed by atoms with van der Waals surface area (Å²) in [6.07, 6.45) is 3.43. The number of likely N-dealkylation sites (tertiary alicyclic amines) is 1. The summed E-state index contributed by atoms with van der Waals surface area (Å²) >= 11 is 0. The number of amides is 1. The Labute approximate surface area is 213 Å². The summed E-state index contributed by atoms with van der Waals surface area (Å²) in [6.45, 7) is 7.11. The number of hydrogen-bond acceptors (Lipinski definition) is 7. The molecule has 1 saturated heterocycles. The predicted molar refractivity (Wildman–Crippen MR) is 137 cm³/mol. The zero-order valence-corrected chi connectivity index (χ0v) is 21.1. The van der Waals surface area contributed by atoms with E-state index in [1.54, 1.807) is 23.1 Å². The summed E-state index contributed by atoms with van der Waals surface area (Å²) in [5, 5.41) is 6.12. The first-order chi connectivity index (χ1) is 17.7. The van der Waals surface area contributed by atoms with E-state index in [-0.39, 0.29) is 34.7 Å². The number of imidazole rings is 1. The number of fused-ring (bicyclic) bond motifs is 1. The Bertz CT molecular complexity index is 1470. The maximum atomic E-state index is 14.9. The Morgan fingerprint density at radius 1 is 1.11 bits per heavy atom. The van der Waals surface area contributed by atoms with Crippen molar-refractivity contribution in [3.63, 3.8) is 0 Å². The number of rotatable bonds is 6. The number of pyridine rings is 1. The number of carbonyl (C=O) groups is 1. The molecular weight excluding hydrogens is 478 g/mol. The number of aromatic nitrogens is 5. The largest absolute Gasteiger partial charge is 0.337 e. The van der Waals surface area contributed by atoms with Crippen molar-refractivity contribution in [3.8, 4) is 11.3 Å². The third-order valence-corrected chi connectivity index (χ3v) is 6.59. The van der Waals surface area contributed by atoms with E-state index in [9.17, 15) is 13.6 Å². The van der Waals surface area contributed by atoms with E-state index in [4.69, 9.17) is 0 Å². The van der Waals surface area contributed by atoms with Gasteiger partial charge in [-0.1, -0.05) is 0 Å². The molecule has 4 aromatic rings. The molecule has 1 aromatic carbocycles. The van der Waals surface area contributed by atoms with Crippen LogP contribution in [0.4, 0.5) is 20.5 Å². The van der Waals surface area contributed by atoms with Gasteiger partial charge in [-0.25, -0.2) is 28.7 Å². The van der Waals surface area contributed by atoms with Crippen LogP contribution in [0.2, 0.25) is 0 Å². The van der Waals surface area contributed by atoms with Gasteiger partial charge in [-0.2, -0.15) is 0 Å². The number of benzene rings is 1. The molecule has 9 nitrogen and oxygen atoms in total. The van der Waals surface area contributed by atoms with Gasteiger partial charge in [0.2, 0.25) is 5.95 Å². The van der Waals surface area contributed by atoms with Gasteiger partial charge in [-0.15, -0.1) is 0 Å². The third kappa shape index (κ3) is 4.74. The van der Waals surface area contributed by atoms with Crippen molar-refractivity contribution in [2.45, 2.75) is 39.3 Å². The quantitative estimate of drug-likeness (QED) is 0.404. The molecule has 1 fully saturated rings. The first-order valence-electron chi connectivity index (χ1n) is 12.2. The first kappa shape index (κ1) is 24.7. The molecule has 0 unspecified atom stereocenters. The predicted octanol–water partition coefficient (Wildman–Crippen LogP) is 4.23. The number of halogens is 2. The maximum absolute atomic E-state index is 14.9. The summed E-state index contributed by atoms with van der Waals surface area (Å²) in [4.78, 5) is 31.5. The van der Waals surface area contributed by atoms with Crippen molar-refractivity contribution in [3.05, 3.63) is 59.7 Å². The molecule has 0 bridgehead atoms. The minimum Gasteiger partial charge on any atom is -0.337 e. The van der Waals surface area contributed by atoms with Crippen molar-refractivity contribution in [2.75, 3.05) is 25.5 Å². The average molecular weight is 507 g/mol. The topological polar surface area (TPSA) is 101 Å². The van der Waals surface area contributed by atoms with Crippen LogP contribution in [0.5, 0.6) is 0 Å². The van der Waals surface area contributed by atoms with E-state index in [1.165, 1.54) is 12.3 Å². The summed E-state index contributed by atoms with van der Waals surface area (Å²) in [6, 6.07) is 6.57. The van der Waals surface area contributed by atoms with Gasteiger partial charge >= 0.3 is 0 Å². The van der Waals surface area contributed by atoms with Gasteiger partial charge < -0.3 is 20.1 Å². The number of nitrogens with zero attached hydrogens (tertiary/aromatic N) is 6. The molecule has 0 radical (unpaired) electrons. The molecule has 37 heavy (non-hydrogen) atoms. The van der Waals surface area contributed by atoms with Gasteiger partial charge in [-0.3, -0.25) is 4.79 Å². The number of likely N-dealkylation sites (N-methyl/N-ethyl adjacent to an activating group) is 1. The zero-order valence-electron chi connectivity index (χ0n) is 21.1. The smallest absolute Gasteiger partial charge is 0.255 e. The van der Waals surface area contributed by atoms with Crippen molar-refractivity contribution < 1.29 is 13.6 Å². The molecule has 192 valence electrons. The van der Waals surface area contributed by atoms with Gasteiger partial charge in [0.05, 0.1) is 17.3 Å². The van der Waals surface area contributed by atoms with Crippen LogP contribution in [0.3, 0.4) is 0 Å². The second kappa shape index (κ2) is 9.81. The number of nitrogens with one attached hydrogen (secondary N) is 2. The van der Waals surface area contributed by atoms with Crippen molar-refractivity contribution in [1.82, 2.24) is 34.7 Å². The van der Waals surface area contributed by atoms with Crippen LogP contribution in [0.15, 0.2) is 36.7 Å². The number of aryl methyl sites for hydroxylation is 1. The summed E-state index contributed by atoms with van der Waals surface area (Å²) < 4.78 is 31.6. The first-order valence-corrected chi connectivity index (χ1v) is 12.2. The summed E-state index contributed by atoms with van der Waals surface area (Å²) in [5.41, 5.74) is 1.50. The lowest BCUT2D eigenvalue weighted by Gasteiger charge is -2.16. The van der Waals surface area contributed by atoms with Gasteiger partial charge in [0.25, 0.3) is 5.91 Å². The minimum absolute atomic E-state index is 0.0447. The molecule has 1 atom stereocenters. The average Bonchev–Trinajstić information content (AvgIpc) is 3.49. The van der Waals surface area contributed by atoms with Crippen molar-refractivity contribution >= 4 is 28.7 Å². The highest BCUT2D eigenvalue weighted by atomic mass is 19.1. The van der Waals surface area contributed by atoms with Gasteiger partial charge in [0, 0.05) is 36.9 Å². The molecule has 0 saturated carbocycles. The van der Waals surface area contributed by atoms with Crippen LogP contribution in [-0.4, -0.2) is 61.5 Å².